The monoisotopic (exact) mass is 399 g/mol. The molecule has 1 atom stereocenters. The van der Waals surface area contributed by atoms with E-state index in [-0.39, 0.29) is 18.2 Å². The van der Waals surface area contributed by atoms with E-state index in [1.165, 1.54) is 0 Å². The molecule has 2 amide bonds. The fraction of sp³-hybridized carbons (Fsp3) is 0.211. The highest BCUT2D eigenvalue weighted by molar-refractivity contribution is 9.10. The number of amides is 2. The van der Waals surface area contributed by atoms with Crippen LogP contribution in [0.2, 0.25) is 0 Å². The van der Waals surface area contributed by atoms with Crippen LogP contribution in [-0.4, -0.2) is 24.6 Å². The lowest BCUT2D eigenvalue weighted by Crippen LogP contribution is -2.30. The van der Waals surface area contributed by atoms with E-state index in [0.29, 0.717) is 6.54 Å². The second kappa shape index (κ2) is 7.61. The van der Waals surface area contributed by atoms with Gasteiger partial charge < -0.3 is 4.90 Å². The van der Waals surface area contributed by atoms with Gasteiger partial charge in [0.05, 0.1) is 12.1 Å². The van der Waals surface area contributed by atoms with Gasteiger partial charge in [-0.15, -0.1) is 0 Å². The second-order valence-electron chi connectivity index (χ2n) is 5.98. The molecule has 1 fully saturated rings. The van der Waals surface area contributed by atoms with Gasteiger partial charge in [-0.3, -0.25) is 9.59 Å². The first-order chi connectivity index (χ1) is 12.0. The number of nitrogens with one attached hydrogen (secondary N) is 1. The molecule has 2 aromatic carbocycles. The van der Waals surface area contributed by atoms with Crippen molar-refractivity contribution in [1.82, 2.24) is 5.43 Å². The Hall–Kier alpha value is -2.47. The summed E-state index contributed by atoms with van der Waals surface area (Å²) in [4.78, 5) is 26.2. The van der Waals surface area contributed by atoms with E-state index < -0.39 is 5.92 Å². The van der Waals surface area contributed by atoms with Crippen LogP contribution < -0.4 is 10.3 Å². The van der Waals surface area contributed by atoms with E-state index in [4.69, 9.17) is 0 Å². The summed E-state index contributed by atoms with van der Waals surface area (Å²) in [6.07, 6.45) is 1.79. The summed E-state index contributed by atoms with van der Waals surface area (Å²) in [6, 6.07) is 15.3. The van der Waals surface area contributed by atoms with Crippen LogP contribution in [0.25, 0.3) is 0 Å². The molecule has 0 unspecified atom stereocenters. The normalized spacial score (nSPS) is 17.3. The van der Waals surface area contributed by atoms with Crippen LogP contribution in [0.5, 0.6) is 0 Å². The highest BCUT2D eigenvalue weighted by Gasteiger charge is 2.35. The van der Waals surface area contributed by atoms with Gasteiger partial charge in [-0.2, -0.15) is 5.10 Å². The van der Waals surface area contributed by atoms with Gasteiger partial charge in [0.2, 0.25) is 11.8 Å². The molecular formula is C19H18BrN3O2. The Labute approximate surface area is 154 Å². The molecule has 0 radical (unpaired) electrons. The molecule has 0 aromatic heterocycles. The predicted molar refractivity (Wildman–Crippen MR) is 102 cm³/mol. The maximum absolute atomic E-state index is 12.3. The Morgan fingerprint density at radius 2 is 1.96 bits per heavy atom. The number of aryl methyl sites for hydroxylation is 1. The van der Waals surface area contributed by atoms with Crippen molar-refractivity contribution in [2.24, 2.45) is 11.0 Å². The van der Waals surface area contributed by atoms with E-state index in [2.05, 4.69) is 26.5 Å². The molecule has 1 heterocycles. The molecule has 6 heteroatoms. The second-order valence-corrected chi connectivity index (χ2v) is 6.89. The van der Waals surface area contributed by atoms with E-state index in [1.54, 1.807) is 11.1 Å². The highest BCUT2D eigenvalue weighted by atomic mass is 79.9. The SMILES string of the molecule is Cc1ccccc1N1C[C@H](C(=O)NN=Cc2ccc(Br)cc2)CC1=O. The number of halogens is 1. The fourth-order valence-corrected chi connectivity index (χ4v) is 3.06. The first-order valence-corrected chi connectivity index (χ1v) is 8.78. The molecule has 1 N–H and O–H groups in total. The maximum Gasteiger partial charge on any atom is 0.245 e. The number of benzene rings is 2. The molecule has 128 valence electrons. The summed E-state index contributed by atoms with van der Waals surface area (Å²) >= 11 is 3.37. The summed E-state index contributed by atoms with van der Waals surface area (Å²) in [5.74, 6) is -0.668. The van der Waals surface area contributed by atoms with E-state index in [0.717, 1.165) is 21.3 Å². The zero-order valence-corrected chi connectivity index (χ0v) is 15.4. The number of nitrogens with zero attached hydrogens (tertiary/aromatic N) is 2. The molecule has 25 heavy (non-hydrogen) atoms. The van der Waals surface area contributed by atoms with Crippen molar-refractivity contribution in [2.45, 2.75) is 13.3 Å². The molecule has 0 bridgehead atoms. The maximum atomic E-state index is 12.3. The van der Waals surface area contributed by atoms with Gasteiger partial charge in [0, 0.05) is 23.1 Å². The minimum absolute atomic E-state index is 0.0358. The number of hydrogen-bond acceptors (Lipinski definition) is 3. The van der Waals surface area contributed by atoms with Gasteiger partial charge in [0.1, 0.15) is 0 Å². The highest BCUT2D eigenvalue weighted by Crippen LogP contribution is 2.27. The quantitative estimate of drug-likeness (QED) is 0.633. The van der Waals surface area contributed by atoms with Gasteiger partial charge in [0.25, 0.3) is 0 Å². The topological polar surface area (TPSA) is 61.8 Å². The van der Waals surface area contributed by atoms with Crippen LogP contribution in [0.15, 0.2) is 58.1 Å². The van der Waals surface area contributed by atoms with Gasteiger partial charge in [-0.25, -0.2) is 5.43 Å². The van der Waals surface area contributed by atoms with Crippen LogP contribution in [0, 0.1) is 12.8 Å². The smallest absolute Gasteiger partial charge is 0.245 e. The summed E-state index contributed by atoms with van der Waals surface area (Å²) in [6.45, 7) is 2.34. The third-order valence-electron chi connectivity index (χ3n) is 4.16. The number of carbonyl (C=O) groups is 2. The summed E-state index contributed by atoms with van der Waals surface area (Å²) in [5.41, 5.74) is 5.30. The Bertz CT molecular complexity index is 818. The van der Waals surface area contributed by atoms with Crippen molar-refractivity contribution in [3.63, 3.8) is 0 Å². The van der Waals surface area contributed by atoms with E-state index in [1.807, 2.05) is 55.5 Å². The zero-order chi connectivity index (χ0) is 17.8. The molecule has 5 nitrogen and oxygen atoms in total. The third kappa shape index (κ3) is 4.14. The van der Waals surface area contributed by atoms with Crippen molar-refractivity contribution in [3.8, 4) is 0 Å². The number of hydrazone groups is 1. The fourth-order valence-electron chi connectivity index (χ4n) is 2.79. The minimum atomic E-state index is -0.394. The lowest BCUT2D eigenvalue weighted by atomic mass is 10.1. The van der Waals surface area contributed by atoms with Crippen molar-refractivity contribution >= 4 is 39.6 Å². The predicted octanol–water partition coefficient (Wildman–Crippen LogP) is 3.26. The molecule has 1 saturated heterocycles. The van der Waals surface area contributed by atoms with Crippen LogP contribution in [0.3, 0.4) is 0 Å². The molecule has 2 aromatic rings. The minimum Gasteiger partial charge on any atom is -0.311 e. The number of para-hydroxylation sites is 1. The van der Waals surface area contributed by atoms with Gasteiger partial charge >= 0.3 is 0 Å². The van der Waals surface area contributed by atoms with E-state index in [9.17, 15) is 9.59 Å². The van der Waals surface area contributed by atoms with Crippen LogP contribution in [-0.2, 0) is 9.59 Å². The lowest BCUT2D eigenvalue weighted by Gasteiger charge is -2.18. The van der Waals surface area contributed by atoms with Crippen molar-refractivity contribution < 1.29 is 9.59 Å². The summed E-state index contributed by atoms with van der Waals surface area (Å²) < 4.78 is 0.981. The first-order valence-electron chi connectivity index (χ1n) is 7.99. The largest absolute Gasteiger partial charge is 0.311 e. The molecular weight excluding hydrogens is 382 g/mol. The van der Waals surface area contributed by atoms with E-state index >= 15 is 0 Å². The number of hydrogen-bond donors (Lipinski definition) is 1. The number of rotatable bonds is 4. The Morgan fingerprint density at radius 1 is 1.24 bits per heavy atom. The summed E-state index contributed by atoms with van der Waals surface area (Å²) in [5, 5.41) is 3.99. The average molecular weight is 400 g/mol. The number of anilines is 1. The summed E-state index contributed by atoms with van der Waals surface area (Å²) in [7, 11) is 0. The van der Waals surface area contributed by atoms with Gasteiger partial charge in [0.15, 0.2) is 0 Å². The van der Waals surface area contributed by atoms with Crippen LogP contribution >= 0.6 is 15.9 Å². The lowest BCUT2D eigenvalue weighted by molar-refractivity contribution is -0.126. The first kappa shape index (κ1) is 17.4. The zero-order valence-electron chi connectivity index (χ0n) is 13.8. The average Bonchev–Trinajstić information content (AvgIpc) is 2.99. The molecule has 0 spiro atoms. The van der Waals surface area contributed by atoms with Crippen molar-refractivity contribution in [2.75, 3.05) is 11.4 Å². The molecule has 0 saturated carbocycles. The van der Waals surface area contributed by atoms with Crippen molar-refractivity contribution in [1.29, 1.82) is 0 Å². The Balaban J connectivity index is 1.61. The van der Waals surface area contributed by atoms with Crippen LogP contribution in [0.4, 0.5) is 5.69 Å². The van der Waals surface area contributed by atoms with Crippen LogP contribution in [0.1, 0.15) is 17.5 Å². The molecule has 3 rings (SSSR count). The third-order valence-corrected chi connectivity index (χ3v) is 4.69. The van der Waals surface area contributed by atoms with Gasteiger partial charge in [-0.1, -0.05) is 46.3 Å². The molecule has 1 aliphatic rings. The standard InChI is InChI=1S/C19H18BrN3O2/c1-13-4-2-3-5-17(13)23-12-15(10-18(23)24)19(25)22-21-11-14-6-8-16(20)9-7-14/h2-9,11,15H,10,12H2,1H3,(H,22,25)/t15-/m1/s1. The Kier molecular flexibility index (Phi) is 5.28. The Morgan fingerprint density at radius 3 is 2.68 bits per heavy atom. The van der Waals surface area contributed by atoms with Crippen molar-refractivity contribution in [3.05, 3.63) is 64.1 Å². The number of carbonyl (C=O) groups excluding carboxylic acids is 2. The molecule has 0 aliphatic carbocycles. The molecule has 1 aliphatic heterocycles. The van der Waals surface area contributed by atoms with Gasteiger partial charge in [-0.05, 0) is 36.2 Å².